The van der Waals surface area contributed by atoms with E-state index in [1.54, 1.807) is 30.2 Å². The summed E-state index contributed by atoms with van der Waals surface area (Å²) in [6.45, 7) is 3.65. The van der Waals surface area contributed by atoms with Crippen LogP contribution >= 0.6 is 34.7 Å². The largest absolute Gasteiger partial charge is 0.497 e. The summed E-state index contributed by atoms with van der Waals surface area (Å²) in [5.41, 5.74) is 4.13. The number of thiophene rings is 1. The molecule has 4 heterocycles. The minimum Gasteiger partial charge on any atom is -0.497 e. The van der Waals surface area contributed by atoms with Gasteiger partial charge in [-0.25, -0.2) is 0 Å². The second kappa shape index (κ2) is 9.96. The summed E-state index contributed by atoms with van der Waals surface area (Å²) in [7, 11) is 1.65. The fraction of sp³-hybridized carbons (Fsp3) is 0.259. The first-order valence-electron chi connectivity index (χ1n) is 11.9. The summed E-state index contributed by atoms with van der Waals surface area (Å²) in [4.78, 5) is 22.3. The molecule has 0 radical (unpaired) electrons. The molecule has 0 saturated heterocycles. The molecule has 0 spiro atoms. The molecule has 1 amide bonds. The van der Waals surface area contributed by atoms with E-state index in [0.29, 0.717) is 30.4 Å². The molecule has 6 rings (SSSR count). The number of ether oxygens (including phenoxy) is 1. The highest BCUT2D eigenvalue weighted by molar-refractivity contribution is 8.00. The summed E-state index contributed by atoms with van der Waals surface area (Å²) < 4.78 is 7.33. The lowest BCUT2D eigenvalue weighted by Gasteiger charge is -2.27. The number of aryl methyl sites for hydroxylation is 1. The molecule has 188 valence electrons. The Morgan fingerprint density at radius 2 is 1.97 bits per heavy atom. The lowest BCUT2D eigenvalue weighted by atomic mass is 9.95. The minimum atomic E-state index is 0.135. The van der Waals surface area contributed by atoms with Crippen LogP contribution in [0.4, 0.5) is 0 Å². The van der Waals surface area contributed by atoms with Crippen molar-refractivity contribution in [3.05, 3.63) is 86.8 Å². The highest BCUT2D eigenvalue weighted by Gasteiger charge is 2.33. The first kappa shape index (κ1) is 24.2. The van der Waals surface area contributed by atoms with Gasteiger partial charge in [-0.05, 0) is 49.2 Å². The number of halogens is 1. The van der Waals surface area contributed by atoms with E-state index in [1.807, 2.05) is 60.4 Å². The zero-order chi connectivity index (χ0) is 25.5. The molecule has 4 aromatic rings. The van der Waals surface area contributed by atoms with E-state index in [0.717, 1.165) is 50.6 Å². The van der Waals surface area contributed by atoms with Crippen LogP contribution in [-0.2, 0) is 24.3 Å². The fourth-order valence-electron chi connectivity index (χ4n) is 4.79. The van der Waals surface area contributed by atoms with Gasteiger partial charge >= 0.3 is 0 Å². The SMILES string of the molecule is COc1ccc(SCC(=O)N2CCc3c(sc4c3C(c3ccccc3Cl)=NCc3nnc(C)n3-4)C2)cc1. The fourth-order valence-corrected chi connectivity index (χ4v) is 7.24. The van der Waals surface area contributed by atoms with Gasteiger partial charge in [0.15, 0.2) is 5.82 Å². The summed E-state index contributed by atoms with van der Waals surface area (Å²) >= 11 is 9.89. The number of rotatable bonds is 5. The lowest BCUT2D eigenvalue weighted by molar-refractivity contribution is -0.129. The van der Waals surface area contributed by atoms with Crippen LogP contribution in [0.15, 0.2) is 58.4 Å². The maximum Gasteiger partial charge on any atom is 0.233 e. The molecule has 0 unspecified atom stereocenters. The molecule has 0 aliphatic carbocycles. The van der Waals surface area contributed by atoms with Crippen LogP contribution in [-0.4, -0.2) is 50.7 Å². The number of hydrogen-bond acceptors (Lipinski definition) is 7. The number of thioether (sulfide) groups is 1. The zero-order valence-corrected chi connectivity index (χ0v) is 22.8. The van der Waals surface area contributed by atoms with E-state index in [2.05, 4.69) is 14.8 Å². The first-order chi connectivity index (χ1) is 18.0. The molecule has 2 aliphatic heterocycles. The number of methoxy groups -OCH3 is 1. The molecule has 2 aliphatic rings. The minimum absolute atomic E-state index is 0.135. The van der Waals surface area contributed by atoms with E-state index in [9.17, 15) is 4.79 Å². The van der Waals surface area contributed by atoms with Crippen LogP contribution in [0, 0.1) is 6.92 Å². The molecule has 2 aromatic carbocycles. The maximum atomic E-state index is 13.2. The number of hydrogen-bond donors (Lipinski definition) is 0. The predicted molar refractivity (Wildman–Crippen MR) is 148 cm³/mol. The van der Waals surface area contributed by atoms with Gasteiger partial charge in [0.25, 0.3) is 0 Å². The third kappa shape index (κ3) is 4.45. The van der Waals surface area contributed by atoms with Gasteiger partial charge in [0.2, 0.25) is 5.91 Å². The topological polar surface area (TPSA) is 72.6 Å². The monoisotopic (exact) mass is 549 g/mol. The number of fused-ring (bicyclic) bond motifs is 5. The third-order valence-corrected chi connectivity index (χ3v) is 9.18. The normalized spacial score (nSPS) is 14.4. The average Bonchev–Trinajstić information content (AvgIpc) is 3.43. The van der Waals surface area contributed by atoms with Gasteiger partial charge in [-0.1, -0.05) is 29.8 Å². The Morgan fingerprint density at radius 3 is 2.76 bits per heavy atom. The van der Waals surface area contributed by atoms with E-state index in [1.165, 1.54) is 10.4 Å². The van der Waals surface area contributed by atoms with Crippen molar-refractivity contribution in [1.29, 1.82) is 0 Å². The van der Waals surface area contributed by atoms with Crippen molar-refractivity contribution in [2.45, 2.75) is 31.3 Å². The average molecular weight is 550 g/mol. The molecule has 0 fully saturated rings. The highest BCUT2D eigenvalue weighted by atomic mass is 35.5. The summed E-state index contributed by atoms with van der Waals surface area (Å²) in [6, 6.07) is 15.6. The quantitative estimate of drug-likeness (QED) is 0.315. The van der Waals surface area contributed by atoms with Crippen LogP contribution in [0.5, 0.6) is 5.75 Å². The summed E-state index contributed by atoms with van der Waals surface area (Å²) in [5, 5.41) is 10.4. The van der Waals surface area contributed by atoms with Crippen molar-refractivity contribution in [2.75, 3.05) is 19.4 Å². The highest BCUT2D eigenvalue weighted by Crippen LogP contribution is 2.40. The number of carbonyl (C=O) groups excluding carboxylic acids is 1. The van der Waals surface area contributed by atoms with Crippen LogP contribution in [0.1, 0.15) is 33.2 Å². The molecule has 2 aromatic heterocycles. The van der Waals surface area contributed by atoms with Gasteiger partial charge in [0.1, 0.15) is 23.1 Å². The Balaban J connectivity index is 1.31. The number of amides is 1. The van der Waals surface area contributed by atoms with E-state index >= 15 is 0 Å². The van der Waals surface area contributed by atoms with Gasteiger partial charge in [0.05, 0.1) is 25.1 Å². The number of aliphatic imine (C=N–C) groups is 1. The van der Waals surface area contributed by atoms with Crippen molar-refractivity contribution in [3.63, 3.8) is 0 Å². The van der Waals surface area contributed by atoms with Crippen molar-refractivity contribution in [3.8, 4) is 10.8 Å². The Kier molecular flexibility index (Phi) is 6.52. The van der Waals surface area contributed by atoms with Gasteiger partial charge in [-0.15, -0.1) is 33.3 Å². The Bertz CT molecular complexity index is 1530. The number of benzene rings is 2. The second-order valence-corrected chi connectivity index (χ2v) is 11.4. The standard InChI is InChI=1S/C27H24ClN5O2S2/c1-16-30-31-23-13-29-26(19-5-3-4-6-21(19)28)25-20-11-12-32(14-22(20)37-27(25)33(16)23)24(34)15-36-18-9-7-17(35-2)8-10-18/h3-10H,11-15H2,1-2H3. The Hall–Kier alpha value is -3.14. The molecule has 37 heavy (non-hydrogen) atoms. The van der Waals surface area contributed by atoms with Crippen molar-refractivity contribution >= 4 is 46.3 Å². The number of carbonyl (C=O) groups is 1. The van der Waals surface area contributed by atoms with Crippen LogP contribution in [0.2, 0.25) is 5.02 Å². The molecule has 0 bridgehead atoms. The molecule has 0 N–H and O–H groups in total. The predicted octanol–water partition coefficient (Wildman–Crippen LogP) is 5.33. The smallest absolute Gasteiger partial charge is 0.233 e. The van der Waals surface area contributed by atoms with Crippen molar-refractivity contribution < 1.29 is 9.53 Å². The summed E-state index contributed by atoms with van der Waals surface area (Å²) in [5.74, 6) is 2.98. The number of aromatic nitrogens is 3. The zero-order valence-electron chi connectivity index (χ0n) is 20.4. The van der Waals surface area contributed by atoms with E-state index < -0.39 is 0 Å². The molecular weight excluding hydrogens is 526 g/mol. The molecule has 10 heteroatoms. The number of nitrogens with zero attached hydrogens (tertiary/aromatic N) is 5. The molecular formula is C27H24ClN5O2S2. The molecule has 0 saturated carbocycles. The Morgan fingerprint density at radius 1 is 1.16 bits per heavy atom. The molecule has 0 atom stereocenters. The van der Waals surface area contributed by atoms with Gasteiger partial charge in [-0.3, -0.25) is 14.4 Å². The van der Waals surface area contributed by atoms with Crippen molar-refractivity contribution in [1.82, 2.24) is 19.7 Å². The third-order valence-electron chi connectivity index (χ3n) is 6.65. The van der Waals surface area contributed by atoms with Crippen molar-refractivity contribution in [2.24, 2.45) is 4.99 Å². The van der Waals surface area contributed by atoms with Crippen LogP contribution in [0.3, 0.4) is 0 Å². The Labute approximate surface area is 228 Å². The summed E-state index contributed by atoms with van der Waals surface area (Å²) in [6.07, 6.45) is 0.764. The van der Waals surface area contributed by atoms with Crippen LogP contribution < -0.4 is 4.74 Å². The van der Waals surface area contributed by atoms with Gasteiger partial charge in [-0.2, -0.15) is 0 Å². The molecule has 7 nitrogen and oxygen atoms in total. The lowest BCUT2D eigenvalue weighted by Crippen LogP contribution is -2.36. The van der Waals surface area contributed by atoms with Gasteiger partial charge < -0.3 is 9.64 Å². The van der Waals surface area contributed by atoms with E-state index in [-0.39, 0.29) is 5.91 Å². The first-order valence-corrected chi connectivity index (χ1v) is 14.1. The van der Waals surface area contributed by atoms with E-state index in [4.69, 9.17) is 21.3 Å². The maximum absolute atomic E-state index is 13.2. The van der Waals surface area contributed by atoms with Crippen LogP contribution in [0.25, 0.3) is 5.00 Å². The second-order valence-electron chi connectivity index (χ2n) is 8.86. The van der Waals surface area contributed by atoms with Gasteiger partial charge in [0, 0.05) is 32.5 Å².